The Bertz CT molecular complexity index is 443. The predicted molar refractivity (Wildman–Crippen MR) is 75.2 cm³/mol. The van der Waals surface area contributed by atoms with E-state index in [0.717, 1.165) is 0 Å². The smallest absolute Gasteiger partial charge is 0.395 e. The van der Waals surface area contributed by atoms with Gasteiger partial charge in [0, 0.05) is 12.4 Å². The third-order valence-corrected chi connectivity index (χ3v) is 3.99. The lowest BCUT2D eigenvalue weighted by Gasteiger charge is -2.20. The van der Waals surface area contributed by atoms with Crippen LogP contribution >= 0.6 is 11.8 Å². The third kappa shape index (κ3) is 6.34. The van der Waals surface area contributed by atoms with Crippen molar-refractivity contribution in [3.05, 3.63) is 30.1 Å². The largest absolute Gasteiger partial charge is 0.480 e. The number of thioether (sulfide) groups is 1. The number of hydrogen-bond acceptors (Lipinski definition) is 4. The van der Waals surface area contributed by atoms with E-state index >= 15 is 0 Å². The molecule has 118 valence electrons. The van der Waals surface area contributed by atoms with E-state index in [1.54, 1.807) is 0 Å². The topological polar surface area (TPSA) is 76.2 Å². The van der Waals surface area contributed by atoms with Crippen LogP contribution in [0.15, 0.2) is 24.5 Å². The van der Waals surface area contributed by atoms with E-state index in [4.69, 9.17) is 10.8 Å². The molecule has 0 spiro atoms. The minimum absolute atomic E-state index is 0.0551. The van der Waals surface area contributed by atoms with Crippen LogP contribution in [-0.2, 0) is 4.79 Å². The first kappa shape index (κ1) is 17.8. The Morgan fingerprint density at radius 3 is 2.38 bits per heavy atom. The minimum atomic E-state index is -4.31. The molecular weight excluding hydrogens is 305 g/mol. The Morgan fingerprint density at radius 2 is 1.86 bits per heavy atom. The average Bonchev–Trinajstić information content (AvgIpc) is 2.41. The number of aliphatic carboxylic acids is 1. The van der Waals surface area contributed by atoms with Crippen LogP contribution in [0, 0.1) is 0 Å². The van der Waals surface area contributed by atoms with Gasteiger partial charge in [0.1, 0.15) is 6.04 Å². The van der Waals surface area contributed by atoms with Gasteiger partial charge in [-0.15, -0.1) is 0 Å². The van der Waals surface area contributed by atoms with Gasteiger partial charge < -0.3 is 10.8 Å². The zero-order valence-electron chi connectivity index (χ0n) is 11.2. The SMILES string of the molecule is NC(CCSCCC(c1ccncc1)C(F)(F)F)C(=O)O. The van der Waals surface area contributed by atoms with E-state index in [1.807, 2.05) is 0 Å². The Kier molecular flexibility index (Phi) is 6.97. The maximum atomic E-state index is 13.0. The van der Waals surface area contributed by atoms with Crippen molar-refractivity contribution in [2.24, 2.45) is 5.73 Å². The van der Waals surface area contributed by atoms with Crippen molar-refractivity contribution in [1.82, 2.24) is 4.98 Å². The van der Waals surface area contributed by atoms with Crippen LogP contribution in [0.1, 0.15) is 24.3 Å². The normalized spacial score (nSPS) is 14.7. The molecule has 4 nitrogen and oxygen atoms in total. The van der Waals surface area contributed by atoms with Crippen molar-refractivity contribution in [3.8, 4) is 0 Å². The van der Waals surface area contributed by atoms with E-state index in [1.165, 1.54) is 36.3 Å². The Morgan fingerprint density at radius 1 is 1.29 bits per heavy atom. The lowest BCUT2D eigenvalue weighted by molar-refractivity contribution is -0.150. The van der Waals surface area contributed by atoms with Gasteiger partial charge in [-0.2, -0.15) is 24.9 Å². The molecule has 3 N–H and O–H groups in total. The van der Waals surface area contributed by atoms with Crippen molar-refractivity contribution >= 4 is 17.7 Å². The number of pyridine rings is 1. The lowest BCUT2D eigenvalue weighted by atomic mass is 9.97. The molecule has 0 aliphatic heterocycles. The quantitative estimate of drug-likeness (QED) is 0.720. The zero-order valence-corrected chi connectivity index (χ0v) is 12.0. The molecule has 2 atom stereocenters. The van der Waals surface area contributed by atoms with Gasteiger partial charge in [0.15, 0.2) is 0 Å². The van der Waals surface area contributed by atoms with E-state index in [0.29, 0.717) is 11.5 Å². The van der Waals surface area contributed by atoms with Gasteiger partial charge in [0.25, 0.3) is 0 Å². The fourth-order valence-corrected chi connectivity index (χ4v) is 2.78. The molecule has 21 heavy (non-hydrogen) atoms. The van der Waals surface area contributed by atoms with Crippen LogP contribution in [0.25, 0.3) is 0 Å². The Hall–Kier alpha value is -1.28. The molecule has 8 heteroatoms. The highest BCUT2D eigenvalue weighted by atomic mass is 32.2. The summed E-state index contributed by atoms with van der Waals surface area (Å²) in [4.78, 5) is 14.2. The van der Waals surface area contributed by atoms with Crippen molar-refractivity contribution < 1.29 is 23.1 Å². The summed E-state index contributed by atoms with van der Waals surface area (Å²) in [6.07, 6.45) is -1.44. The lowest BCUT2D eigenvalue weighted by Crippen LogP contribution is -2.30. The second-order valence-corrected chi connectivity index (χ2v) is 5.73. The first-order valence-electron chi connectivity index (χ1n) is 6.35. The molecule has 0 amide bonds. The van der Waals surface area contributed by atoms with Crippen molar-refractivity contribution in [1.29, 1.82) is 0 Å². The van der Waals surface area contributed by atoms with Crippen molar-refractivity contribution in [2.45, 2.75) is 31.0 Å². The van der Waals surface area contributed by atoms with Gasteiger partial charge in [0.05, 0.1) is 5.92 Å². The van der Waals surface area contributed by atoms with Gasteiger partial charge >= 0.3 is 12.1 Å². The third-order valence-electron chi connectivity index (χ3n) is 2.94. The van der Waals surface area contributed by atoms with E-state index in [9.17, 15) is 18.0 Å². The van der Waals surface area contributed by atoms with Crippen LogP contribution < -0.4 is 5.73 Å². The number of carboxylic acid groups (broad SMARTS) is 1. The van der Waals surface area contributed by atoms with Gasteiger partial charge in [0.2, 0.25) is 0 Å². The number of rotatable bonds is 8. The molecule has 1 aromatic heterocycles. The number of nitrogens with two attached hydrogens (primary N) is 1. The number of carboxylic acids is 1. The molecule has 0 saturated heterocycles. The second kappa shape index (κ2) is 8.23. The minimum Gasteiger partial charge on any atom is -0.480 e. The van der Waals surface area contributed by atoms with Crippen LogP contribution in [0.2, 0.25) is 0 Å². The van der Waals surface area contributed by atoms with Gasteiger partial charge in [-0.05, 0) is 42.0 Å². The molecule has 0 radical (unpaired) electrons. The predicted octanol–water partition coefficient (Wildman–Crippen LogP) is 2.65. The summed E-state index contributed by atoms with van der Waals surface area (Å²) >= 11 is 1.28. The fraction of sp³-hybridized carbons (Fsp3) is 0.538. The summed E-state index contributed by atoms with van der Waals surface area (Å²) < 4.78 is 39.1. The molecular formula is C13H17F3N2O2S. The zero-order chi connectivity index (χ0) is 15.9. The first-order chi connectivity index (χ1) is 9.82. The van der Waals surface area contributed by atoms with Crippen LogP contribution in [0.5, 0.6) is 0 Å². The molecule has 0 aliphatic rings. The highest BCUT2D eigenvalue weighted by molar-refractivity contribution is 7.99. The summed E-state index contributed by atoms with van der Waals surface area (Å²) in [5, 5.41) is 8.59. The van der Waals surface area contributed by atoms with E-state index in [-0.39, 0.29) is 18.4 Å². The second-order valence-electron chi connectivity index (χ2n) is 4.51. The number of alkyl halides is 3. The number of nitrogens with zero attached hydrogens (tertiary/aromatic N) is 1. The van der Waals surface area contributed by atoms with Crippen molar-refractivity contribution in [2.75, 3.05) is 11.5 Å². The maximum absolute atomic E-state index is 13.0. The van der Waals surface area contributed by atoms with Crippen molar-refractivity contribution in [3.63, 3.8) is 0 Å². The van der Waals surface area contributed by atoms with E-state index in [2.05, 4.69) is 4.98 Å². The standard InChI is InChI=1S/C13H17F3N2O2S/c14-13(15,16)10(9-1-5-18-6-2-9)3-7-21-8-4-11(17)12(19)20/h1-2,5-6,10-11H,3-4,7-8,17H2,(H,19,20). The molecule has 0 aliphatic carbocycles. The van der Waals surface area contributed by atoms with E-state index < -0.39 is 24.1 Å². The van der Waals surface area contributed by atoms with Crippen LogP contribution in [0.4, 0.5) is 13.2 Å². The molecule has 0 bridgehead atoms. The Labute approximate surface area is 124 Å². The summed E-state index contributed by atoms with van der Waals surface area (Å²) in [5.41, 5.74) is 5.51. The summed E-state index contributed by atoms with van der Waals surface area (Å²) in [7, 11) is 0. The average molecular weight is 322 g/mol. The van der Waals surface area contributed by atoms with Gasteiger partial charge in [-0.25, -0.2) is 0 Å². The number of halogens is 3. The summed E-state index contributed by atoms with van der Waals surface area (Å²) in [5.74, 6) is -1.91. The summed E-state index contributed by atoms with van der Waals surface area (Å²) in [6.45, 7) is 0. The van der Waals surface area contributed by atoms with Crippen LogP contribution in [-0.4, -0.2) is 39.8 Å². The number of hydrogen-bond donors (Lipinski definition) is 2. The monoisotopic (exact) mass is 322 g/mol. The number of aromatic nitrogens is 1. The molecule has 0 aromatic carbocycles. The first-order valence-corrected chi connectivity index (χ1v) is 7.50. The molecule has 0 saturated carbocycles. The number of carbonyl (C=O) groups is 1. The van der Waals surface area contributed by atoms with Crippen LogP contribution in [0.3, 0.4) is 0 Å². The summed E-state index contributed by atoms with van der Waals surface area (Å²) in [6, 6.07) is 1.77. The molecule has 0 fully saturated rings. The van der Waals surface area contributed by atoms with Gasteiger partial charge in [-0.3, -0.25) is 9.78 Å². The molecule has 1 rings (SSSR count). The molecule has 2 unspecified atom stereocenters. The highest BCUT2D eigenvalue weighted by Gasteiger charge is 2.40. The van der Waals surface area contributed by atoms with Gasteiger partial charge in [-0.1, -0.05) is 0 Å². The molecule has 1 aromatic rings. The Balaban J connectivity index is 2.44. The molecule has 1 heterocycles. The maximum Gasteiger partial charge on any atom is 0.395 e. The highest BCUT2D eigenvalue weighted by Crippen LogP contribution is 2.37. The fourth-order valence-electron chi connectivity index (χ4n) is 1.75.